The Kier molecular flexibility index (Phi) is 6.55. The van der Waals surface area contributed by atoms with Gasteiger partial charge >= 0.3 is 6.09 Å². The summed E-state index contributed by atoms with van der Waals surface area (Å²) in [7, 11) is 0. The minimum atomic E-state index is -1.09. The molecule has 7 nitrogen and oxygen atoms in total. The molecule has 1 amide bonds. The van der Waals surface area contributed by atoms with Crippen LogP contribution in [0.2, 0.25) is 0 Å². The first kappa shape index (κ1) is 24.3. The molecule has 1 aliphatic rings. The number of halogens is 1. The Morgan fingerprint density at radius 3 is 2.40 bits per heavy atom. The van der Waals surface area contributed by atoms with Gasteiger partial charge < -0.3 is 14.7 Å². The maximum absolute atomic E-state index is 13.5. The molecule has 1 aromatic heterocycles. The third-order valence-electron chi connectivity index (χ3n) is 6.28. The van der Waals surface area contributed by atoms with Crippen molar-refractivity contribution in [1.82, 2.24) is 14.9 Å². The zero-order chi connectivity index (χ0) is 25.2. The Bertz CT molecular complexity index is 1230. The van der Waals surface area contributed by atoms with E-state index >= 15 is 0 Å². The second-order valence-corrected chi connectivity index (χ2v) is 9.50. The molecule has 0 aliphatic carbocycles. The number of rotatable bonds is 6. The van der Waals surface area contributed by atoms with Crippen LogP contribution >= 0.6 is 0 Å². The third kappa shape index (κ3) is 5.31. The summed E-state index contributed by atoms with van der Waals surface area (Å²) in [6.07, 6.45) is 3.14. The summed E-state index contributed by atoms with van der Waals surface area (Å²) in [6.45, 7) is 5.68. The van der Waals surface area contributed by atoms with Gasteiger partial charge in [0.25, 0.3) is 0 Å². The first-order valence-corrected chi connectivity index (χ1v) is 11.4. The summed E-state index contributed by atoms with van der Waals surface area (Å²) < 4.78 is 19.5. The van der Waals surface area contributed by atoms with Crippen molar-refractivity contribution >= 4 is 6.09 Å². The summed E-state index contributed by atoms with van der Waals surface area (Å²) in [4.78, 5) is 23.2. The molecule has 3 aromatic rings. The molecule has 4 rings (SSSR count). The van der Waals surface area contributed by atoms with E-state index in [1.54, 1.807) is 37.1 Å². The molecule has 2 atom stereocenters. The molecule has 0 bridgehead atoms. The molecule has 180 valence electrons. The minimum absolute atomic E-state index is 0.194. The highest BCUT2D eigenvalue weighted by Gasteiger charge is 2.46. The predicted molar refractivity (Wildman–Crippen MR) is 127 cm³/mol. The smallest absolute Gasteiger partial charge is 0.411 e. The van der Waals surface area contributed by atoms with Gasteiger partial charge in [-0.15, -0.1) is 0 Å². The molecule has 35 heavy (non-hydrogen) atoms. The molecular weight excluding hydrogens is 447 g/mol. The molecule has 2 aromatic carbocycles. The minimum Gasteiger partial charge on any atom is -0.438 e. The van der Waals surface area contributed by atoms with Crippen molar-refractivity contribution in [3.63, 3.8) is 0 Å². The monoisotopic (exact) mass is 474 g/mol. The van der Waals surface area contributed by atoms with Crippen molar-refractivity contribution in [2.45, 2.75) is 50.9 Å². The number of nitriles is 1. The van der Waals surface area contributed by atoms with Crippen molar-refractivity contribution in [3.8, 4) is 17.3 Å². The highest BCUT2D eigenvalue weighted by Crippen LogP contribution is 2.42. The average Bonchev–Trinajstić information content (AvgIpc) is 2.83. The Morgan fingerprint density at radius 1 is 1.17 bits per heavy atom. The van der Waals surface area contributed by atoms with Gasteiger partial charge in [0.15, 0.2) is 5.69 Å². The van der Waals surface area contributed by atoms with Crippen LogP contribution in [-0.4, -0.2) is 38.2 Å². The fourth-order valence-electron chi connectivity index (χ4n) is 4.55. The van der Waals surface area contributed by atoms with E-state index < -0.39 is 17.3 Å². The Balaban J connectivity index is 1.53. The van der Waals surface area contributed by atoms with E-state index in [0.717, 1.165) is 11.1 Å². The number of carbonyl (C=O) groups excluding carboxylic acids is 1. The number of amides is 1. The van der Waals surface area contributed by atoms with E-state index in [4.69, 9.17) is 10.00 Å². The summed E-state index contributed by atoms with van der Waals surface area (Å²) in [5, 5.41) is 19.4. The van der Waals surface area contributed by atoms with Crippen molar-refractivity contribution in [2.24, 2.45) is 0 Å². The average molecular weight is 475 g/mol. The second-order valence-electron chi connectivity index (χ2n) is 9.50. The third-order valence-corrected chi connectivity index (χ3v) is 6.28. The number of cyclic esters (lactones) is 1. The fourth-order valence-corrected chi connectivity index (χ4v) is 4.55. The van der Waals surface area contributed by atoms with Gasteiger partial charge in [-0.1, -0.05) is 36.4 Å². The zero-order valence-corrected chi connectivity index (χ0v) is 19.9. The number of ether oxygens (including phenoxy) is 1. The molecule has 1 aliphatic heterocycles. The normalized spacial score (nSPS) is 19.1. The summed E-state index contributed by atoms with van der Waals surface area (Å²) in [5.74, 6) is -0.375. The largest absolute Gasteiger partial charge is 0.438 e. The van der Waals surface area contributed by atoms with E-state index in [1.807, 2.05) is 37.3 Å². The molecule has 1 N–H and O–H groups in total. The number of benzene rings is 2. The predicted octanol–water partition coefficient (Wildman–Crippen LogP) is 5.11. The van der Waals surface area contributed by atoms with E-state index in [9.17, 15) is 14.3 Å². The van der Waals surface area contributed by atoms with Crippen molar-refractivity contribution in [1.29, 1.82) is 5.26 Å². The van der Waals surface area contributed by atoms with Crippen LogP contribution in [-0.2, 0) is 10.3 Å². The van der Waals surface area contributed by atoms with Crippen LogP contribution in [0.1, 0.15) is 56.5 Å². The van der Waals surface area contributed by atoms with Gasteiger partial charge in [-0.2, -0.15) is 5.26 Å². The van der Waals surface area contributed by atoms with Crippen LogP contribution in [0.3, 0.4) is 0 Å². The molecule has 8 heteroatoms. The van der Waals surface area contributed by atoms with Gasteiger partial charge in [0.1, 0.15) is 17.5 Å². The number of carbonyl (C=O) groups is 1. The standard InChI is InChI=1S/C27H27FN4O3/c1-18(19-4-6-20(7-5-19)24-16-30-23(14-29)15-31-24)32-13-12-27(35-25(32)33,17-26(2,3)34)21-8-10-22(28)11-9-21/h4-11,15-16,18,34H,12-13,17H2,1-3H3/t18-,27-/m0/s1. The number of nitrogens with zero attached hydrogens (tertiary/aromatic N) is 4. The lowest BCUT2D eigenvalue weighted by Crippen LogP contribution is -2.51. The lowest BCUT2D eigenvalue weighted by molar-refractivity contribution is -0.101. The zero-order valence-electron chi connectivity index (χ0n) is 19.9. The summed E-state index contributed by atoms with van der Waals surface area (Å²) in [6, 6.07) is 15.2. The number of aromatic nitrogens is 2. The topological polar surface area (TPSA) is 99.3 Å². The van der Waals surface area contributed by atoms with E-state index in [1.165, 1.54) is 18.3 Å². The van der Waals surface area contributed by atoms with E-state index in [-0.39, 0.29) is 24.0 Å². The summed E-state index contributed by atoms with van der Waals surface area (Å²) >= 11 is 0. The van der Waals surface area contributed by atoms with Crippen LogP contribution in [0.25, 0.3) is 11.3 Å². The molecule has 0 saturated carbocycles. The quantitative estimate of drug-likeness (QED) is 0.533. The van der Waals surface area contributed by atoms with Gasteiger partial charge in [-0.25, -0.2) is 14.2 Å². The first-order chi connectivity index (χ1) is 16.6. The molecule has 1 saturated heterocycles. The van der Waals surface area contributed by atoms with Crippen LogP contribution in [0.5, 0.6) is 0 Å². The van der Waals surface area contributed by atoms with Gasteiger partial charge in [-0.05, 0) is 44.0 Å². The van der Waals surface area contributed by atoms with Crippen molar-refractivity contribution in [2.75, 3.05) is 6.54 Å². The van der Waals surface area contributed by atoms with E-state index in [0.29, 0.717) is 24.2 Å². The van der Waals surface area contributed by atoms with Gasteiger partial charge in [0, 0.05) is 24.9 Å². The van der Waals surface area contributed by atoms with Gasteiger partial charge in [0.2, 0.25) is 0 Å². The molecule has 2 heterocycles. The van der Waals surface area contributed by atoms with Crippen molar-refractivity contribution < 1.29 is 19.0 Å². The first-order valence-electron chi connectivity index (χ1n) is 11.4. The van der Waals surface area contributed by atoms with Crippen molar-refractivity contribution in [3.05, 3.63) is 83.6 Å². The lowest BCUT2D eigenvalue weighted by Gasteiger charge is -2.45. The maximum atomic E-state index is 13.5. The SMILES string of the molecule is C[C@@H](c1ccc(-c2cnc(C#N)cn2)cc1)N1CC[C@](CC(C)(C)O)(c2ccc(F)cc2)OC1=O. The second kappa shape index (κ2) is 9.43. The molecular formula is C27H27FN4O3. The number of hydrogen-bond acceptors (Lipinski definition) is 6. The van der Waals surface area contributed by atoms with Crippen LogP contribution in [0, 0.1) is 17.1 Å². The summed E-state index contributed by atoms with van der Waals surface area (Å²) in [5.41, 5.74) is 1.20. The van der Waals surface area contributed by atoms with E-state index in [2.05, 4.69) is 9.97 Å². The van der Waals surface area contributed by atoms with Gasteiger partial charge in [0.05, 0.1) is 29.7 Å². The van der Waals surface area contributed by atoms with Crippen LogP contribution in [0.4, 0.5) is 9.18 Å². The molecule has 0 unspecified atom stereocenters. The fraction of sp³-hybridized carbons (Fsp3) is 0.333. The molecule has 0 radical (unpaired) electrons. The Labute approximate surface area is 203 Å². The Morgan fingerprint density at radius 2 is 1.86 bits per heavy atom. The molecule has 1 fully saturated rings. The maximum Gasteiger partial charge on any atom is 0.411 e. The van der Waals surface area contributed by atoms with Crippen LogP contribution in [0.15, 0.2) is 60.9 Å². The van der Waals surface area contributed by atoms with Crippen LogP contribution < -0.4 is 0 Å². The molecule has 0 spiro atoms. The number of aliphatic hydroxyl groups is 1. The Hall–Kier alpha value is -3.83. The van der Waals surface area contributed by atoms with Gasteiger partial charge in [-0.3, -0.25) is 4.98 Å². The number of hydrogen-bond donors (Lipinski definition) is 1. The lowest BCUT2D eigenvalue weighted by atomic mass is 9.80. The highest BCUT2D eigenvalue weighted by molar-refractivity contribution is 5.70. The highest BCUT2D eigenvalue weighted by atomic mass is 19.1.